The molecule has 1 aliphatic heterocycles. The van der Waals surface area contributed by atoms with Crippen LogP contribution in [0.15, 0.2) is 36.4 Å². The lowest BCUT2D eigenvalue weighted by Gasteiger charge is -2.17. The van der Waals surface area contributed by atoms with Crippen molar-refractivity contribution in [3.8, 4) is 0 Å². The molecule has 1 unspecified atom stereocenters. The van der Waals surface area contributed by atoms with E-state index < -0.39 is 0 Å². The Morgan fingerprint density at radius 1 is 1.18 bits per heavy atom. The second-order valence-electron chi connectivity index (χ2n) is 4.54. The van der Waals surface area contributed by atoms with Gasteiger partial charge in [0.25, 0.3) is 0 Å². The number of rotatable bonds is 1. The van der Waals surface area contributed by atoms with E-state index in [2.05, 4.69) is 60.5 Å². The summed E-state index contributed by atoms with van der Waals surface area (Å²) in [6, 6.07) is 13.8. The van der Waals surface area contributed by atoms with Gasteiger partial charge in [0.05, 0.1) is 0 Å². The predicted molar refractivity (Wildman–Crippen MR) is 76.5 cm³/mol. The van der Waals surface area contributed by atoms with E-state index in [1.807, 2.05) is 0 Å². The van der Waals surface area contributed by atoms with Gasteiger partial charge in [0.15, 0.2) is 0 Å². The molecular formula is C15H17NS. The van der Waals surface area contributed by atoms with Crippen LogP contribution in [0, 0.1) is 0 Å². The SMILES string of the molecule is CNC1CCSCc2c1ccc1ccccc21. The molecule has 1 nitrogen and oxygen atoms in total. The minimum absolute atomic E-state index is 0.518. The van der Waals surface area contributed by atoms with E-state index in [1.165, 1.54) is 34.1 Å². The van der Waals surface area contributed by atoms with Crippen LogP contribution in [0.25, 0.3) is 10.8 Å². The van der Waals surface area contributed by atoms with Gasteiger partial charge in [-0.25, -0.2) is 0 Å². The lowest BCUT2D eigenvalue weighted by atomic mass is 9.94. The smallest absolute Gasteiger partial charge is 0.0328 e. The molecule has 0 spiro atoms. The van der Waals surface area contributed by atoms with E-state index in [0.717, 1.165) is 5.75 Å². The van der Waals surface area contributed by atoms with Crippen LogP contribution in [-0.2, 0) is 5.75 Å². The molecule has 0 aliphatic carbocycles. The fourth-order valence-corrected chi connectivity index (χ4v) is 3.74. The van der Waals surface area contributed by atoms with Crippen LogP contribution in [-0.4, -0.2) is 12.8 Å². The highest BCUT2D eigenvalue weighted by atomic mass is 32.2. The highest BCUT2D eigenvalue weighted by Crippen LogP contribution is 2.34. The van der Waals surface area contributed by atoms with Gasteiger partial charge in [0, 0.05) is 11.8 Å². The van der Waals surface area contributed by atoms with Crippen LogP contribution in [0.4, 0.5) is 0 Å². The van der Waals surface area contributed by atoms with Crippen molar-refractivity contribution >= 4 is 22.5 Å². The summed E-state index contributed by atoms with van der Waals surface area (Å²) in [4.78, 5) is 0. The van der Waals surface area contributed by atoms with Crippen molar-refractivity contribution in [2.75, 3.05) is 12.8 Å². The molecular weight excluding hydrogens is 226 g/mol. The molecule has 2 aromatic carbocycles. The van der Waals surface area contributed by atoms with Crippen LogP contribution in [0.1, 0.15) is 23.6 Å². The summed E-state index contributed by atoms with van der Waals surface area (Å²) in [5.74, 6) is 2.39. The van der Waals surface area contributed by atoms with Crippen LogP contribution in [0.2, 0.25) is 0 Å². The highest BCUT2D eigenvalue weighted by molar-refractivity contribution is 7.98. The van der Waals surface area contributed by atoms with Gasteiger partial charge < -0.3 is 5.32 Å². The van der Waals surface area contributed by atoms with Gasteiger partial charge in [0.1, 0.15) is 0 Å². The van der Waals surface area contributed by atoms with E-state index in [4.69, 9.17) is 0 Å². The molecule has 0 fully saturated rings. The van der Waals surface area contributed by atoms with Crippen LogP contribution in [0.3, 0.4) is 0 Å². The standard InChI is InChI=1S/C15H17NS/c1-16-15-8-9-17-10-14-12-5-3-2-4-11(12)6-7-13(14)15/h2-7,15-16H,8-10H2,1H3. The summed E-state index contributed by atoms with van der Waals surface area (Å²) < 4.78 is 0. The molecule has 0 bridgehead atoms. The van der Waals surface area contributed by atoms with E-state index in [9.17, 15) is 0 Å². The van der Waals surface area contributed by atoms with Crippen LogP contribution in [0.5, 0.6) is 0 Å². The quantitative estimate of drug-likeness (QED) is 0.819. The molecule has 0 amide bonds. The monoisotopic (exact) mass is 243 g/mol. The Hall–Kier alpha value is -0.990. The first-order valence-corrected chi connectivity index (χ1v) is 7.31. The van der Waals surface area contributed by atoms with E-state index in [0.29, 0.717) is 6.04 Å². The summed E-state index contributed by atoms with van der Waals surface area (Å²) in [6.45, 7) is 0. The maximum Gasteiger partial charge on any atom is 0.0328 e. The molecule has 1 aliphatic rings. The van der Waals surface area contributed by atoms with Crippen molar-refractivity contribution in [1.82, 2.24) is 5.32 Å². The fraction of sp³-hybridized carbons (Fsp3) is 0.333. The zero-order valence-corrected chi connectivity index (χ0v) is 10.9. The zero-order valence-electron chi connectivity index (χ0n) is 10.1. The van der Waals surface area contributed by atoms with Gasteiger partial charge in [-0.1, -0.05) is 36.4 Å². The third-order valence-corrected chi connectivity index (χ3v) is 4.62. The fourth-order valence-electron chi connectivity index (χ4n) is 2.67. The number of hydrogen-bond donors (Lipinski definition) is 1. The Morgan fingerprint density at radius 2 is 2.06 bits per heavy atom. The largest absolute Gasteiger partial charge is 0.313 e. The molecule has 0 saturated carbocycles. The highest BCUT2D eigenvalue weighted by Gasteiger charge is 2.18. The van der Waals surface area contributed by atoms with Crippen molar-refractivity contribution in [2.45, 2.75) is 18.2 Å². The van der Waals surface area contributed by atoms with Crippen molar-refractivity contribution < 1.29 is 0 Å². The summed E-state index contributed by atoms with van der Waals surface area (Å²) >= 11 is 2.05. The van der Waals surface area contributed by atoms with Gasteiger partial charge in [-0.15, -0.1) is 0 Å². The van der Waals surface area contributed by atoms with Crippen LogP contribution < -0.4 is 5.32 Å². The van der Waals surface area contributed by atoms with Gasteiger partial charge in [-0.2, -0.15) is 11.8 Å². The molecule has 1 N–H and O–H groups in total. The average Bonchev–Trinajstić information content (AvgIpc) is 2.60. The summed E-state index contributed by atoms with van der Waals surface area (Å²) in [6.07, 6.45) is 1.23. The minimum Gasteiger partial charge on any atom is -0.313 e. The van der Waals surface area contributed by atoms with Gasteiger partial charge in [-0.3, -0.25) is 0 Å². The summed E-state index contributed by atoms with van der Waals surface area (Å²) in [5, 5.41) is 6.25. The van der Waals surface area contributed by atoms with Gasteiger partial charge in [0.2, 0.25) is 0 Å². The third-order valence-electron chi connectivity index (χ3n) is 3.60. The predicted octanol–water partition coefficient (Wildman–Crippen LogP) is 3.74. The van der Waals surface area contributed by atoms with Gasteiger partial charge in [-0.05, 0) is 41.1 Å². The van der Waals surface area contributed by atoms with Crippen molar-refractivity contribution in [3.63, 3.8) is 0 Å². The first-order chi connectivity index (χ1) is 8.40. The molecule has 17 heavy (non-hydrogen) atoms. The van der Waals surface area contributed by atoms with Crippen LogP contribution >= 0.6 is 11.8 Å². The molecule has 1 atom stereocenters. The van der Waals surface area contributed by atoms with Gasteiger partial charge >= 0.3 is 0 Å². The molecule has 3 rings (SSSR count). The number of nitrogens with one attached hydrogen (secondary N) is 1. The Balaban J connectivity index is 2.23. The van der Waals surface area contributed by atoms with Crippen molar-refractivity contribution in [3.05, 3.63) is 47.5 Å². The van der Waals surface area contributed by atoms with Crippen molar-refractivity contribution in [2.24, 2.45) is 0 Å². The first kappa shape index (κ1) is 11.1. The maximum atomic E-state index is 3.45. The zero-order chi connectivity index (χ0) is 11.7. The second kappa shape index (κ2) is 4.71. The number of benzene rings is 2. The molecule has 0 aromatic heterocycles. The number of fused-ring (bicyclic) bond motifs is 3. The molecule has 0 saturated heterocycles. The number of thioether (sulfide) groups is 1. The first-order valence-electron chi connectivity index (χ1n) is 6.15. The molecule has 88 valence electrons. The Bertz CT molecular complexity index is 535. The Kier molecular flexibility index (Phi) is 3.08. The second-order valence-corrected chi connectivity index (χ2v) is 5.64. The summed E-state index contributed by atoms with van der Waals surface area (Å²) in [7, 11) is 2.07. The lowest BCUT2D eigenvalue weighted by molar-refractivity contribution is 0.582. The van der Waals surface area contributed by atoms with E-state index >= 15 is 0 Å². The minimum atomic E-state index is 0.518. The molecule has 2 heteroatoms. The molecule has 1 heterocycles. The topological polar surface area (TPSA) is 12.0 Å². The maximum absolute atomic E-state index is 3.45. The van der Waals surface area contributed by atoms with Crippen molar-refractivity contribution in [1.29, 1.82) is 0 Å². The van der Waals surface area contributed by atoms with E-state index in [-0.39, 0.29) is 0 Å². The summed E-state index contributed by atoms with van der Waals surface area (Å²) in [5.41, 5.74) is 3.03. The molecule has 0 radical (unpaired) electrons. The Morgan fingerprint density at radius 3 is 2.94 bits per heavy atom. The third kappa shape index (κ3) is 1.96. The Labute approximate surface area is 107 Å². The average molecular weight is 243 g/mol. The normalized spacial score (nSPS) is 19.9. The molecule has 2 aromatic rings. The van der Waals surface area contributed by atoms with E-state index in [1.54, 1.807) is 0 Å². The lowest BCUT2D eigenvalue weighted by Crippen LogP contribution is -2.17. The number of hydrogen-bond acceptors (Lipinski definition) is 2.